The summed E-state index contributed by atoms with van der Waals surface area (Å²) in [6, 6.07) is 7.42. The summed E-state index contributed by atoms with van der Waals surface area (Å²) in [6.07, 6.45) is 0. The van der Waals surface area contributed by atoms with Crippen molar-refractivity contribution in [2.75, 3.05) is 18.0 Å². The molecule has 0 atom stereocenters. The van der Waals surface area contributed by atoms with Crippen LogP contribution in [0, 0.1) is 0 Å². The van der Waals surface area contributed by atoms with Gasteiger partial charge in [-0.15, -0.1) is 0 Å². The summed E-state index contributed by atoms with van der Waals surface area (Å²) in [5.41, 5.74) is 1.58. The third kappa shape index (κ3) is 3.77. The van der Waals surface area contributed by atoms with E-state index in [1.165, 1.54) is 6.92 Å². The van der Waals surface area contributed by atoms with Crippen molar-refractivity contribution in [3.63, 3.8) is 0 Å². The van der Waals surface area contributed by atoms with E-state index in [1.807, 2.05) is 18.2 Å². The maximum absolute atomic E-state index is 12.1. The summed E-state index contributed by atoms with van der Waals surface area (Å²) in [4.78, 5) is 29.7. The summed E-state index contributed by atoms with van der Waals surface area (Å²) in [6.45, 7) is 8.72. The second kappa shape index (κ2) is 7.09. The van der Waals surface area contributed by atoms with Crippen LogP contribution in [0.1, 0.15) is 33.3 Å². The Bertz CT molecular complexity index is 804. The Morgan fingerprint density at radius 3 is 2.52 bits per heavy atom. The Hall–Kier alpha value is -2.63. The number of benzene rings is 1. The first-order chi connectivity index (χ1) is 11.0. The highest BCUT2D eigenvalue weighted by Gasteiger charge is 2.11. The number of carbonyl (C=O) groups excluding carboxylic acids is 1. The van der Waals surface area contributed by atoms with Gasteiger partial charge in [-0.25, -0.2) is 9.59 Å². The number of rotatable bonds is 5. The molecule has 2 aromatic rings. The lowest BCUT2D eigenvalue weighted by atomic mass is 10.1. The van der Waals surface area contributed by atoms with Gasteiger partial charge >= 0.3 is 11.6 Å². The van der Waals surface area contributed by atoms with Crippen LogP contribution in [0.4, 0.5) is 5.69 Å². The molecule has 2 rings (SSSR count). The number of nitrogens with zero attached hydrogens (tertiary/aromatic N) is 2. The molecule has 23 heavy (non-hydrogen) atoms. The molecule has 122 valence electrons. The van der Waals surface area contributed by atoms with Crippen LogP contribution in [0.5, 0.6) is 0 Å². The summed E-state index contributed by atoms with van der Waals surface area (Å²) < 4.78 is 5.40. The van der Waals surface area contributed by atoms with Gasteiger partial charge in [0.05, 0.1) is 11.3 Å². The minimum absolute atomic E-state index is 0.273. The molecule has 0 saturated heterocycles. The van der Waals surface area contributed by atoms with Crippen molar-refractivity contribution in [2.24, 2.45) is 5.16 Å². The van der Waals surface area contributed by atoms with Gasteiger partial charge in [0.25, 0.3) is 0 Å². The molecule has 6 nitrogen and oxygen atoms in total. The van der Waals surface area contributed by atoms with Crippen molar-refractivity contribution >= 4 is 28.3 Å². The average molecular weight is 316 g/mol. The molecule has 1 aromatic carbocycles. The highest BCUT2D eigenvalue weighted by Crippen LogP contribution is 2.22. The molecule has 1 heterocycles. The average Bonchev–Trinajstić information content (AvgIpc) is 2.53. The SMILES string of the molecule is CCN(CC)c1ccc2cc(/C(C)=N/OC(C)=O)c(=O)oc2c1. The lowest BCUT2D eigenvalue weighted by molar-refractivity contribution is -0.140. The molecule has 0 unspecified atom stereocenters. The van der Waals surface area contributed by atoms with Gasteiger partial charge in [0, 0.05) is 37.2 Å². The maximum atomic E-state index is 12.1. The van der Waals surface area contributed by atoms with Crippen molar-refractivity contribution in [1.82, 2.24) is 0 Å². The maximum Gasteiger partial charge on any atom is 0.345 e. The lowest BCUT2D eigenvalue weighted by Crippen LogP contribution is -2.21. The summed E-state index contributed by atoms with van der Waals surface area (Å²) >= 11 is 0. The summed E-state index contributed by atoms with van der Waals surface area (Å²) in [5, 5.41) is 4.42. The van der Waals surface area contributed by atoms with Gasteiger partial charge < -0.3 is 14.2 Å². The van der Waals surface area contributed by atoms with Crippen molar-refractivity contribution in [3.8, 4) is 0 Å². The van der Waals surface area contributed by atoms with E-state index < -0.39 is 11.6 Å². The second-order valence-electron chi connectivity index (χ2n) is 5.10. The fourth-order valence-electron chi connectivity index (χ4n) is 2.32. The predicted molar refractivity (Wildman–Crippen MR) is 90.0 cm³/mol. The zero-order valence-electron chi connectivity index (χ0n) is 13.8. The molecule has 6 heteroatoms. The van der Waals surface area contributed by atoms with Crippen LogP contribution in [0.2, 0.25) is 0 Å². The normalized spacial score (nSPS) is 11.6. The molecule has 0 radical (unpaired) electrons. The number of hydrogen-bond donors (Lipinski definition) is 0. The van der Waals surface area contributed by atoms with Crippen LogP contribution in [0.3, 0.4) is 0 Å². The molecule has 0 saturated carbocycles. The topological polar surface area (TPSA) is 72.1 Å². The van der Waals surface area contributed by atoms with Crippen LogP contribution in [-0.2, 0) is 9.63 Å². The highest BCUT2D eigenvalue weighted by molar-refractivity contribution is 6.00. The highest BCUT2D eigenvalue weighted by atomic mass is 16.7. The Morgan fingerprint density at radius 1 is 1.22 bits per heavy atom. The number of anilines is 1. The van der Waals surface area contributed by atoms with Crippen molar-refractivity contribution in [3.05, 3.63) is 40.2 Å². The standard InChI is InChI=1S/C17H20N2O4/c1-5-19(6-2)14-8-7-13-9-15(11(3)18-23-12(4)20)17(21)22-16(13)10-14/h7-10H,5-6H2,1-4H3/b18-11+. The predicted octanol–water partition coefficient (Wildman–Crippen LogP) is 2.93. The fourth-order valence-corrected chi connectivity index (χ4v) is 2.32. The largest absolute Gasteiger partial charge is 0.422 e. The molecule has 0 fully saturated rings. The molecule has 0 aliphatic carbocycles. The Balaban J connectivity index is 2.47. The number of oxime groups is 1. The third-order valence-electron chi connectivity index (χ3n) is 3.55. The van der Waals surface area contributed by atoms with Gasteiger partial charge in [-0.2, -0.15) is 0 Å². The molecule has 0 spiro atoms. The molecule has 0 aliphatic heterocycles. The number of hydrogen-bond acceptors (Lipinski definition) is 6. The van der Waals surface area contributed by atoms with Crippen LogP contribution < -0.4 is 10.5 Å². The van der Waals surface area contributed by atoms with Gasteiger partial charge in [0.1, 0.15) is 5.58 Å². The van der Waals surface area contributed by atoms with Gasteiger partial charge in [-0.1, -0.05) is 5.16 Å². The van der Waals surface area contributed by atoms with E-state index in [-0.39, 0.29) is 5.56 Å². The van der Waals surface area contributed by atoms with E-state index in [1.54, 1.807) is 13.0 Å². The molecule has 0 aliphatic rings. The van der Waals surface area contributed by atoms with E-state index in [0.29, 0.717) is 11.3 Å². The van der Waals surface area contributed by atoms with Crippen molar-refractivity contribution < 1.29 is 14.0 Å². The fraction of sp³-hybridized carbons (Fsp3) is 0.353. The van der Waals surface area contributed by atoms with E-state index in [9.17, 15) is 9.59 Å². The summed E-state index contributed by atoms with van der Waals surface area (Å²) in [7, 11) is 0. The minimum atomic E-state index is -0.543. The van der Waals surface area contributed by atoms with Gasteiger partial charge in [0.2, 0.25) is 0 Å². The zero-order chi connectivity index (χ0) is 17.0. The van der Waals surface area contributed by atoms with E-state index in [4.69, 9.17) is 4.42 Å². The Kier molecular flexibility index (Phi) is 5.16. The molecule has 0 amide bonds. The zero-order valence-corrected chi connectivity index (χ0v) is 13.8. The van der Waals surface area contributed by atoms with Crippen LogP contribution in [0.15, 0.2) is 38.6 Å². The molecule has 0 bridgehead atoms. The molecule has 1 aromatic heterocycles. The first kappa shape index (κ1) is 16.7. The Morgan fingerprint density at radius 2 is 1.91 bits per heavy atom. The van der Waals surface area contributed by atoms with E-state index >= 15 is 0 Å². The first-order valence-electron chi connectivity index (χ1n) is 7.51. The molecule has 0 N–H and O–H groups in total. The lowest BCUT2D eigenvalue weighted by Gasteiger charge is -2.21. The van der Waals surface area contributed by atoms with Gasteiger partial charge in [0.15, 0.2) is 0 Å². The van der Waals surface area contributed by atoms with Crippen LogP contribution in [0.25, 0.3) is 11.0 Å². The molecular weight excluding hydrogens is 296 g/mol. The second-order valence-corrected chi connectivity index (χ2v) is 5.10. The quantitative estimate of drug-likeness (QED) is 0.367. The van der Waals surface area contributed by atoms with E-state index in [2.05, 4.69) is 28.7 Å². The van der Waals surface area contributed by atoms with Crippen molar-refractivity contribution in [2.45, 2.75) is 27.7 Å². The molecular formula is C17H20N2O4. The number of carbonyl (C=O) groups is 1. The number of fused-ring (bicyclic) bond motifs is 1. The van der Waals surface area contributed by atoms with Crippen molar-refractivity contribution in [1.29, 1.82) is 0 Å². The first-order valence-corrected chi connectivity index (χ1v) is 7.51. The van der Waals surface area contributed by atoms with Gasteiger partial charge in [-0.3, -0.25) is 0 Å². The monoisotopic (exact) mass is 316 g/mol. The third-order valence-corrected chi connectivity index (χ3v) is 3.55. The smallest absolute Gasteiger partial charge is 0.345 e. The van der Waals surface area contributed by atoms with Crippen LogP contribution >= 0.6 is 0 Å². The van der Waals surface area contributed by atoms with Crippen LogP contribution in [-0.4, -0.2) is 24.8 Å². The Labute approximate surface area is 134 Å². The van der Waals surface area contributed by atoms with Gasteiger partial charge in [-0.05, 0) is 39.0 Å². The van der Waals surface area contributed by atoms with E-state index in [0.717, 1.165) is 24.2 Å². The summed E-state index contributed by atoms with van der Waals surface area (Å²) in [5.74, 6) is -0.543. The minimum Gasteiger partial charge on any atom is -0.422 e.